The number of para-hydroxylation sites is 2. The molecule has 1 aliphatic rings. The Balaban J connectivity index is 1.50. The highest BCUT2D eigenvalue weighted by Gasteiger charge is 2.54. The molecule has 6 N–H and O–H groups in total. The predicted octanol–water partition coefficient (Wildman–Crippen LogP) is 2.44. The fourth-order valence-corrected chi connectivity index (χ4v) is 4.86. The highest BCUT2D eigenvalue weighted by molar-refractivity contribution is 5.58. The van der Waals surface area contributed by atoms with Gasteiger partial charge < -0.3 is 21.7 Å². The van der Waals surface area contributed by atoms with E-state index in [1.54, 1.807) is 9.36 Å². The maximum absolute atomic E-state index is 11.2. The summed E-state index contributed by atoms with van der Waals surface area (Å²) in [6, 6.07) is 19.1. The fraction of sp³-hybridized carbons (Fsp3) is 0.250. The van der Waals surface area contributed by atoms with Crippen molar-refractivity contribution in [3.8, 4) is 11.4 Å². The van der Waals surface area contributed by atoms with Crippen LogP contribution in [0, 0.1) is 13.8 Å². The Morgan fingerprint density at radius 1 is 0.656 bits per heavy atom. The van der Waals surface area contributed by atoms with E-state index in [2.05, 4.69) is 10.2 Å². The summed E-state index contributed by atoms with van der Waals surface area (Å²) >= 11 is 0. The molecular formula is C24H26N6O2. The van der Waals surface area contributed by atoms with Crippen LogP contribution in [0.3, 0.4) is 0 Å². The zero-order valence-electron chi connectivity index (χ0n) is 17.9. The molecule has 0 saturated heterocycles. The lowest BCUT2D eigenvalue weighted by atomic mass is 9.63. The third-order valence-electron chi connectivity index (χ3n) is 6.43. The van der Waals surface area contributed by atoms with Crippen LogP contribution in [0.25, 0.3) is 11.4 Å². The maximum Gasteiger partial charge on any atom is 0.131 e. The normalized spacial score (nSPS) is 22.6. The standard InChI is InChI=1S/C24H26N6O2/c1-13-17(23(25)29(27-13)15-9-5-3-6-10-15)19-21(31)20(22(19)32)18-14(2)28-30(24(18)26)16-11-7-4-8-12-16/h3-12,19-22,31-32H,25-26H2,1-2H3. The van der Waals surface area contributed by atoms with E-state index >= 15 is 0 Å². The van der Waals surface area contributed by atoms with E-state index in [0.29, 0.717) is 34.2 Å². The molecule has 1 fully saturated rings. The van der Waals surface area contributed by atoms with Gasteiger partial charge in [-0.2, -0.15) is 10.2 Å². The van der Waals surface area contributed by atoms with Gasteiger partial charge in [0.25, 0.3) is 0 Å². The molecule has 1 aliphatic carbocycles. The molecule has 5 rings (SSSR count). The Morgan fingerprint density at radius 2 is 1.00 bits per heavy atom. The van der Waals surface area contributed by atoms with Crippen molar-refractivity contribution in [3.63, 3.8) is 0 Å². The third kappa shape index (κ3) is 2.91. The lowest BCUT2D eigenvalue weighted by molar-refractivity contribution is -0.0784. The van der Waals surface area contributed by atoms with Crippen molar-refractivity contribution in [2.45, 2.75) is 37.9 Å². The van der Waals surface area contributed by atoms with Crippen molar-refractivity contribution in [2.75, 3.05) is 11.5 Å². The van der Waals surface area contributed by atoms with Crippen LogP contribution in [0.1, 0.15) is 34.4 Å². The molecule has 0 bridgehead atoms. The monoisotopic (exact) mass is 430 g/mol. The Hall–Kier alpha value is -3.62. The minimum Gasteiger partial charge on any atom is -0.392 e. The second-order valence-corrected chi connectivity index (χ2v) is 8.30. The number of aliphatic hydroxyl groups is 2. The van der Waals surface area contributed by atoms with Gasteiger partial charge in [0, 0.05) is 23.0 Å². The van der Waals surface area contributed by atoms with Gasteiger partial charge in [-0.15, -0.1) is 0 Å². The van der Waals surface area contributed by atoms with E-state index in [4.69, 9.17) is 11.5 Å². The molecule has 8 nitrogen and oxygen atoms in total. The van der Waals surface area contributed by atoms with Gasteiger partial charge in [0.15, 0.2) is 0 Å². The van der Waals surface area contributed by atoms with Crippen LogP contribution >= 0.6 is 0 Å². The van der Waals surface area contributed by atoms with Gasteiger partial charge >= 0.3 is 0 Å². The first kappa shape index (κ1) is 20.3. The number of anilines is 2. The Kier molecular flexibility index (Phi) is 4.76. The van der Waals surface area contributed by atoms with Crippen molar-refractivity contribution >= 4 is 11.6 Å². The Bertz CT molecular complexity index is 1160. The molecule has 164 valence electrons. The van der Waals surface area contributed by atoms with Gasteiger partial charge in [0.1, 0.15) is 11.6 Å². The molecule has 0 atom stereocenters. The van der Waals surface area contributed by atoms with E-state index < -0.39 is 24.0 Å². The van der Waals surface area contributed by atoms with Crippen LogP contribution in [-0.4, -0.2) is 42.0 Å². The highest BCUT2D eigenvalue weighted by atomic mass is 16.3. The quantitative estimate of drug-likeness (QED) is 0.394. The van der Waals surface area contributed by atoms with Gasteiger partial charge in [0.2, 0.25) is 0 Å². The maximum atomic E-state index is 11.2. The number of hydrogen-bond acceptors (Lipinski definition) is 6. The summed E-state index contributed by atoms with van der Waals surface area (Å²) in [5.74, 6) is -0.285. The van der Waals surface area contributed by atoms with Crippen LogP contribution in [0.15, 0.2) is 60.7 Å². The molecule has 2 heterocycles. The van der Waals surface area contributed by atoms with Crippen molar-refractivity contribution in [3.05, 3.63) is 83.2 Å². The van der Waals surface area contributed by atoms with E-state index in [1.807, 2.05) is 74.5 Å². The second kappa shape index (κ2) is 7.51. The molecule has 1 saturated carbocycles. The Labute approximate surface area is 185 Å². The molecule has 32 heavy (non-hydrogen) atoms. The van der Waals surface area contributed by atoms with Crippen molar-refractivity contribution in [2.24, 2.45) is 0 Å². The number of rotatable bonds is 4. The molecule has 0 radical (unpaired) electrons. The number of aliphatic hydroxyl groups excluding tert-OH is 2. The number of aromatic nitrogens is 4. The molecule has 0 aliphatic heterocycles. The largest absolute Gasteiger partial charge is 0.392 e. The first-order chi connectivity index (χ1) is 15.4. The zero-order chi connectivity index (χ0) is 22.6. The summed E-state index contributed by atoms with van der Waals surface area (Å²) in [5.41, 5.74) is 17.2. The summed E-state index contributed by atoms with van der Waals surface area (Å²) in [4.78, 5) is 0. The summed E-state index contributed by atoms with van der Waals surface area (Å²) in [5, 5.41) is 31.4. The molecule has 0 spiro atoms. The zero-order valence-corrected chi connectivity index (χ0v) is 17.9. The average molecular weight is 431 g/mol. The first-order valence-corrected chi connectivity index (χ1v) is 10.6. The molecule has 2 aromatic heterocycles. The summed E-state index contributed by atoms with van der Waals surface area (Å²) in [6.45, 7) is 3.68. The number of benzene rings is 2. The summed E-state index contributed by atoms with van der Waals surface area (Å²) in [6.07, 6.45) is -1.73. The van der Waals surface area contributed by atoms with E-state index in [1.165, 1.54) is 0 Å². The van der Waals surface area contributed by atoms with Crippen molar-refractivity contribution in [1.82, 2.24) is 19.6 Å². The smallest absolute Gasteiger partial charge is 0.131 e. The number of hydrogen-bond donors (Lipinski definition) is 4. The number of nitrogen functional groups attached to an aromatic ring is 2. The molecule has 2 aromatic carbocycles. The molecule has 4 aromatic rings. The average Bonchev–Trinajstić information content (AvgIpc) is 3.26. The van der Waals surface area contributed by atoms with E-state index in [-0.39, 0.29) is 0 Å². The minimum atomic E-state index is -0.867. The van der Waals surface area contributed by atoms with Gasteiger partial charge in [-0.25, -0.2) is 9.36 Å². The number of aryl methyl sites for hydroxylation is 2. The lowest BCUT2D eigenvalue weighted by Gasteiger charge is -2.46. The van der Waals surface area contributed by atoms with Gasteiger partial charge in [-0.1, -0.05) is 36.4 Å². The van der Waals surface area contributed by atoms with Gasteiger partial charge in [-0.3, -0.25) is 0 Å². The number of nitrogens with two attached hydrogens (primary N) is 2. The van der Waals surface area contributed by atoms with Gasteiger partial charge in [-0.05, 0) is 38.1 Å². The van der Waals surface area contributed by atoms with E-state index in [9.17, 15) is 10.2 Å². The molecular weight excluding hydrogens is 404 g/mol. The first-order valence-electron chi connectivity index (χ1n) is 10.6. The van der Waals surface area contributed by atoms with E-state index in [0.717, 1.165) is 11.4 Å². The molecule has 0 amide bonds. The summed E-state index contributed by atoms with van der Waals surface area (Å²) in [7, 11) is 0. The van der Waals surface area contributed by atoms with Crippen LogP contribution in [0.2, 0.25) is 0 Å². The Morgan fingerprint density at radius 3 is 1.34 bits per heavy atom. The lowest BCUT2D eigenvalue weighted by Crippen LogP contribution is -2.52. The fourth-order valence-electron chi connectivity index (χ4n) is 4.86. The third-order valence-corrected chi connectivity index (χ3v) is 6.43. The number of nitrogens with zero attached hydrogens (tertiary/aromatic N) is 4. The van der Waals surface area contributed by atoms with Crippen LogP contribution in [0.5, 0.6) is 0 Å². The predicted molar refractivity (Wildman–Crippen MR) is 123 cm³/mol. The van der Waals surface area contributed by atoms with Gasteiger partial charge in [0.05, 0.1) is 35.0 Å². The summed E-state index contributed by atoms with van der Waals surface area (Å²) < 4.78 is 3.29. The van der Waals surface area contributed by atoms with Crippen molar-refractivity contribution < 1.29 is 10.2 Å². The molecule has 0 unspecified atom stereocenters. The SMILES string of the molecule is Cc1nn(-c2ccccc2)c(N)c1C1C(O)C(c2c(C)nn(-c3ccccc3)c2N)C1O. The second-order valence-electron chi connectivity index (χ2n) is 8.30. The van der Waals surface area contributed by atoms with Crippen LogP contribution in [-0.2, 0) is 0 Å². The topological polar surface area (TPSA) is 128 Å². The highest BCUT2D eigenvalue weighted by Crippen LogP contribution is 2.52. The van der Waals surface area contributed by atoms with Crippen LogP contribution in [0.4, 0.5) is 11.6 Å². The molecule has 8 heteroatoms. The van der Waals surface area contributed by atoms with Crippen molar-refractivity contribution in [1.29, 1.82) is 0 Å². The minimum absolute atomic E-state index is 0.417. The van der Waals surface area contributed by atoms with Crippen LogP contribution < -0.4 is 11.5 Å².